The minimum atomic E-state index is 0.767. The molecule has 0 unspecified atom stereocenters. The molecule has 3 heteroatoms. The third-order valence-electron chi connectivity index (χ3n) is 4.03. The van der Waals surface area contributed by atoms with Crippen LogP contribution in [0.25, 0.3) is 0 Å². The van der Waals surface area contributed by atoms with Gasteiger partial charge in [-0.3, -0.25) is 4.90 Å². The summed E-state index contributed by atoms with van der Waals surface area (Å²) < 4.78 is 5.98. The molecule has 1 aliphatic heterocycles. The van der Waals surface area contributed by atoms with E-state index in [0.29, 0.717) is 0 Å². The maximum absolute atomic E-state index is 6.30. The average molecular weight is 284 g/mol. The summed E-state index contributed by atoms with van der Waals surface area (Å²) in [5.41, 5.74) is 1.28. The Hall–Kier alpha value is -0.470. The zero-order chi connectivity index (χ0) is 13.5. The van der Waals surface area contributed by atoms with Crippen LogP contribution in [0.5, 0.6) is 0 Å². The van der Waals surface area contributed by atoms with Gasteiger partial charge in [0.2, 0.25) is 0 Å². The Morgan fingerprint density at radius 3 is 2.63 bits per heavy atom. The first-order chi connectivity index (χ1) is 9.31. The van der Waals surface area contributed by atoms with Crippen LogP contribution in [0, 0.1) is 0 Å². The molecular weight excluding hydrogens is 258 g/mol. The van der Waals surface area contributed by atoms with Crippen LogP contribution in [0.15, 0.2) is 22.4 Å². The number of likely N-dealkylation sites (tertiary alicyclic amines) is 1. The van der Waals surface area contributed by atoms with E-state index in [2.05, 4.69) is 17.9 Å². The molecule has 0 aromatic rings. The first-order valence-electron chi connectivity index (χ1n) is 7.74. The molecule has 0 aromatic heterocycles. The normalized spacial score (nSPS) is 22.1. The molecule has 0 saturated carbocycles. The van der Waals surface area contributed by atoms with Crippen molar-refractivity contribution in [2.45, 2.75) is 51.9 Å². The van der Waals surface area contributed by atoms with Crippen LogP contribution in [0.2, 0.25) is 0 Å². The SMILES string of the molecule is CCC1=CCCC(Cl)=C1OCCN1CCCCCC1. The molecule has 2 aliphatic rings. The molecule has 1 heterocycles. The van der Waals surface area contributed by atoms with E-state index < -0.39 is 0 Å². The number of ether oxygens (including phenoxy) is 1. The molecular formula is C16H26ClNO. The monoisotopic (exact) mass is 283 g/mol. The maximum atomic E-state index is 6.30. The molecule has 0 amide bonds. The molecule has 108 valence electrons. The molecule has 1 fully saturated rings. The maximum Gasteiger partial charge on any atom is 0.136 e. The van der Waals surface area contributed by atoms with Crippen molar-refractivity contribution in [1.29, 1.82) is 0 Å². The van der Waals surface area contributed by atoms with Gasteiger partial charge in [0.1, 0.15) is 12.4 Å². The van der Waals surface area contributed by atoms with E-state index in [-0.39, 0.29) is 0 Å². The summed E-state index contributed by atoms with van der Waals surface area (Å²) >= 11 is 6.30. The van der Waals surface area contributed by atoms with E-state index in [1.54, 1.807) is 0 Å². The van der Waals surface area contributed by atoms with E-state index in [4.69, 9.17) is 16.3 Å². The molecule has 0 atom stereocenters. The molecule has 2 nitrogen and oxygen atoms in total. The van der Waals surface area contributed by atoms with Gasteiger partial charge in [0.05, 0.1) is 5.03 Å². The Labute approximate surface area is 122 Å². The van der Waals surface area contributed by atoms with Crippen LogP contribution in [-0.2, 0) is 4.74 Å². The number of nitrogens with zero attached hydrogens (tertiary/aromatic N) is 1. The first kappa shape index (κ1) is 14.9. The van der Waals surface area contributed by atoms with Crippen LogP contribution < -0.4 is 0 Å². The lowest BCUT2D eigenvalue weighted by atomic mass is 10.0. The number of halogens is 1. The van der Waals surface area contributed by atoms with Gasteiger partial charge in [-0.05, 0) is 50.8 Å². The zero-order valence-corrected chi connectivity index (χ0v) is 12.8. The number of rotatable bonds is 5. The molecule has 1 saturated heterocycles. The van der Waals surface area contributed by atoms with Crippen molar-refractivity contribution < 1.29 is 4.74 Å². The van der Waals surface area contributed by atoms with Crippen LogP contribution in [0.3, 0.4) is 0 Å². The standard InChI is InChI=1S/C16H26ClNO/c1-2-14-8-7-9-15(17)16(14)19-13-12-18-10-5-3-4-6-11-18/h8H,2-7,9-13H2,1H3. The smallest absolute Gasteiger partial charge is 0.136 e. The van der Waals surface area contributed by atoms with Crippen molar-refractivity contribution in [3.63, 3.8) is 0 Å². The minimum Gasteiger partial charge on any atom is -0.491 e. The van der Waals surface area contributed by atoms with Gasteiger partial charge in [-0.1, -0.05) is 37.4 Å². The second-order valence-electron chi connectivity index (χ2n) is 5.46. The number of allylic oxidation sites excluding steroid dienone is 3. The van der Waals surface area contributed by atoms with Gasteiger partial charge >= 0.3 is 0 Å². The molecule has 19 heavy (non-hydrogen) atoms. The highest BCUT2D eigenvalue weighted by Gasteiger charge is 2.16. The molecule has 0 aromatic carbocycles. The fourth-order valence-electron chi connectivity index (χ4n) is 2.87. The fraction of sp³-hybridized carbons (Fsp3) is 0.750. The third kappa shape index (κ3) is 4.54. The zero-order valence-electron chi connectivity index (χ0n) is 12.1. The molecule has 1 aliphatic carbocycles. The highest BCUT2D eigenvalue weighted by atomic mass is 35.5. The van der Waals surface area contributed by atoms with Crippen molar-refractivity contribution in [2.75, 3.05) is 26.2 Å². The minimum absolute atomic E-state index is 0.767. The van der Waals surface area contributed by atoms with Crippen molar-refractivity contribution in [2.24, 2.45) is 0 Å². The quantitative estimate of drug-likeness (QED) is 0.739. The Morgan fingerprint density at radius 2 is 1.95 bits per heavy atom. The van der Waals surface area contributed by atoms with E-state index in [1.165, 1.54) is 44.3 Å². The summed E-state index contributed by atoms with van der Waals surface area (Å²) in [5, 5.41) is 0.912. The Kier molecular flexibility index (Phi) is 6.25. The van der Waals surface area contributed by atoms with Gasteiger partial charge in [0.15, 0.2) is 0 Å². The van der Waals surface area contributed by atoms with E-state index in [9.17, 15) is 0 Å². The first-order valence-corrected chi connectivity index (χ1v) is 8.12. The number of hydrogen-bond donors (Lipinski definition) is 0. The fourth-order valence-corrected chi connectivity index (χ4v) is 3.15. The lowest BCUT2D eigenvalue weighted by molar-refractivity contribution is 0.161. The molecule has 0 spiro atoms. The van der Waals surface area contributed by atoms with E-state index in [0.717, 1.165) is 43.2 Å². The molecule has 0 bridgehead atoms. The highest BCUT2D eigenvalue weighted by molar-refractivity contribution is 6.30. The van der Waals surface area contributed by atoms with Crippen LogP contribution in [0.1, 0.15) is 51.9 Å². The van der Waals surface area contributed by atoms with Crippen molar-refractivity contribution in [1.82, 2.24) is 4.90 Å². The van der Waals surface area contributed by atoms with Crippen molar-refractivity contribution >= 4 is 11.6 Å². The lowest BCUT2D eigenvalue weighted by Gasteiger charge is -2.23. The Morgan fingerprint density at radius 1 is 1.21 bits per heavy atom. The van der Waals surface area contributed by atoms with E-state index >= 15 is 0 Å². The van der Waals surface area contributed by atoms with Gasteiger partial charge in [0, 0.05) is 6.54 Å². The largest absolute Gasteiger partial charge is 0.491 e. The summed E-state index contributed by atoms with van der Waals surface area (Å²) in [7, 11) is 0. The lowest BCUT2D eigenvalue weighted by Crippen LogP contribution is -2.28. The summed E-state index contributed by atoms with van der Waals surface area (Å²) in [6, 6.07) is 0. The summed E-state index contributed by atoms with van der Waals surface area (Å²) in [4.78, 5) is 2.53. The van der Waals surface area contributed by atoms with Gasteiger partial charge in [-0.15, -0.1) is 0 Å². The van der Waals surface area contributed by atoms with Gasteiger partial charge < -0.3 is 4.74 Å². The second-order valence-corrected chi connectivity index (χ2v) is 5.92. The molecule has 2 rings (SSSR count). The van der Waals surface area contributed by atoms with Gasteiger partial charge in [-0.2, -0.15) is 0 Å². The highest BCUT2D eigenvalue weighted by Crippen LogP contribution is 2.30. The van der Waals surface area contributed by atoms with Crippen LogP contribution in [-0.4, -0.2) is 31.1 Å². The van der Waals surface area contributed by atoms with E-state index in [1.807, 2.05) is 0 Å². The predicted octanol–water partition coefficient (Wildman–Crippen LogP) is 4.46. The van der Waals surface area contributed by atoms with Crippen LogP contribution >= 0.6 is 11.6 Å². The summed E-state index contributed by atoms with van der Waals surface area (Å²) in [5.74, 6) is 0.963. The topological polar surface area (TPSA) is 12.5 Å². The van der Waals surface area contributed by atoms with Gasteiger partial charge in [-0.25, -0.2) is 0 Å². The number of hydrogen-bond acceptors (Lipinski definition) is 2. The van der Waals surface area contributed by atoms with Crippen molar-refractivity contribution in [3.05, 3.63) is 22.4 Å². The summed E-state index contributed by atoms with van der Waals surface area (Å²) in [6.45, 7) is 6.42. The predicted molar refractivity (Wildman–Crippen MR) is 81.3 cm³/mol. The Balaban J connectivity index is 1.79. The average Bonchev–Trinajstić information content (AvgIpc) is 2.69. The summed E-state index contributed by atoms with van der Waals surface area (Å²) in [6.07, 6.45) is 10.7. The van der Waals surface area contributed by atoms with Gasteiger partial charge in [0.25, 0.3) is 0 Å². The third-order valence-corrected chi connectivity index (χ3v) is 4.39. The molecule has 0 N–H and O–H groups in total. The van der Waals surface area contributed by atoms with Crippen molar-refractivity contribution in [3.8, 4) is 0 Å². The molecule has 0 radical (unpaired) electrons. The Bertz CT molecular complexity index is 341. The second kappa shape index (κ2) is 7.96. The van der Waals surface area contributed by atoms with Crippen LogP contribution in [0.4, 0.5) is 0 Å².